The Morgan fingerprint density at radius 2 is 2.13 bits per heavy atom. The van der Waals surface area contributed by atoms with Crippen molar-refractivity contribution < 1.29 is 0 Å². The van der Waals surface area contributed by atoms with Gasteiger partial charge in [-0.1, -0.05) is 6.92 Å². The fourth-order valence-corrected chi connectivity index (χ4v) is 1.99. The van der Waals surface area contributed by atoms with E-state index in [-0.39, 0.29) is 0 Å². The molecule has 1 aliphatic rings. The van der Waals surface area contributed by atoms with Gasteiger partial charge in [0.1, 0.15) is 0 Å². The molecule has 1 unspecified atom stereocenters. The van der Waals surface area contributed by atoms with Gasteiger partial charge in [0.05, 0.1) is 0 Å². The van der Waals surface area contributed by atoms with Crippen molar-refractivity contribution in [3.05, 3.63) is 0 Å². The van der Waals surface area contributed by atoms with Crippen LogP contribution in [0.1, 0.15) is 46.0 Å². The number of hydrogen-bond donors (Lipinski definition) is 1. The second kappa shape index (κ2) is 7.24. The molecule has 0 aromatic rings. The third-order valence-electron chi connectivity index (χ3n) is 3.19. The van der Waals surface area contributed by atoms with Crippen LogP contribution in [0.25, 0.3) is 0 Å². The zero-order valence-corrected chi connectivity index (χ0v) is 10.8. The van der Waals surface area contributed by atoms with Crippen LogP contribution in [0.15, 0.2) is 0 Å². The minimum absolute atomic E-state index is 0.694. The molecule has 1 aliphatic carbocycles. The molecule has 0 spiro atoms. The first kappa shape index (κ1) is 13.0. The van der Waals surface area contributed by atoms with E-state index in [0.29, 0.717) is 6.04 Å². The van der Waals surface area contributed by atoms with Gasteiger partial charge >= 0.3 is 0 Å². The van der Waals surface area contributed by atoms with E-state index >= 15 is 0 Å². The Kier molecular flexibility index (Phi) is 6.26. The van der Waals surface area contributed by atoms with Crippen molar-refractivity contribution in [2.45, 2.75) is 52.0 Å². The van der Waals surface area contributed by atoms with Crippen molar-refractivity contribution >= 4 is 0 Å². The smallest absolute Gasteiger partial charge is 0.00391 e. The molecule has 1 N–H and O–H groups in total. The fraction of sp³-hybridized carbons (Fsp3) is 1.00. The second-order valence-electron chi connectivity index (χ2n) is 5.20. The van der Waals surface area contributed by atoms with Crippen LogP contribution >= 0.6 is 0 Å². The van der Waals surface area contributed by atoms with Crippen molar-refractivity contribution in [1.29, 1.82) is 0 Å². The highest BCUT2D eigenvalue weighted by atomic mass is 15.1. The van der Waals surface area contributed by atoms with E-state index in [9.17, 15) is 0 Å². The lowest BCUT2D eigenvalue weighted by atomic mass is 10.1. The predicted octanol–water partition coefficient (Wildman–Crippen LogP) is 2.50. The van der Waals surface area contributed by atoms with Gasteiger partial charge in [-0.2, -0.15) is 0 Å². The summed E-state index contributed by atoms with van der Waals surface area (Å²) in [5.74, 6) is 1.03. The van der Waals surface area contributed by atoms with E-state index in [0.717, 1.165) is 5.92 Å². The maximum absolute atomic E-state index is 3.54. The molecule has 15 heavy (non-hydrogen) atoms. The van der Waals surface area contributed by atoms with Crippen molar-refractivity contribution in [3.8, 4) is 0 Å². The zero-order chi connectivity index (χ0) is 11.1. The molecule has 1 saturated carbocycles. The number of hydrogen-bond acceptors (Lipinski definition) is 2. The minimum atomic E-state index is 0.694. The SMILES string of the molecule is CCCNC(C)CCCN(C)CC1CC1. The third-order valence-corrected chi connectivity index (χ3v) is 3.19. The van der Waals surface area contributed by atoms with Gasteiger partial charge in [-0.3, -0.25) is 0 Å². The molecule has 90 valence electrons. The summed E-state index contributed by atoms with van der Waals surface area (Å²) in [5.41, 5.74) is 0. The molecule has 1 atom stereocenters. The molecule has 2 heteroatoms. The highest BCUT2D eigenvalue weighted by Crippen LogP contribution is 2.29. The Morgan fingerprint density at radius 3 is 2.73 bits per heavy atom. The van der Waals surface area contributed by atoms with E-state index in [1.807, 2.05) is 0 Å². The van der Waals surface area contributed by atoms with Gasteiger partial charge in [0.25, 0.3) is 0 Å². The predicted molar refractivity (Wildman–Crippen MR) is 67.2 cm³/mol. The van der Waals surface area contributed by atoms with E-state index in [1.54, 1.807) is 0 Å². The van der Waals surface area contributed by atoms with Crippen molar-refractivity contribution in [1.82, 2.24) is 10.2 Å². The quantitative estimate of drug-likeness (QED) is 0.632. The summed E-state index contributed by atoms with van der Waals surface area (Å²) in [6.07, 6.45) is 6.83. The Balaban J connectivity index is 1.89. The molecular formula is C13H28N2. The van der Waals surface area contributed by atoms with Gasteiger partial charge in [0.2, 0.25) is 0 Å². The summed E-state index contributed by atoms with van der Waals surface area (Å²) in [7, 11) is 2.27. The van der Waals surface area contributed by atoms with Crippen LogP contribution < -0.4 is 5.32 Å². The highest BCUT2D eigenvalue weighted by molar-refractivity contribution is 4.76. The van der Waals surface area contributed by atoms with Gasteiger partial charge in [-0.05, 0) is 65.1 Å². The first-order chi connectivity index (χ1) is 7.22. The molecule has 0 heterocycles. The van der Waals surface area contributed by atoms with Crippen molar-refractivity contribution in [2.75, 3.05) is 26.7 Å². The van der Waals surface area contributed by atoms with E-state index in [1.165, 1.54) is 51.7 Å². The average molecular weight is 212 g/mol. The summed E-state index contributed by atoms with van der Waals surface area (Å²) >= 11 is 0. The maximum atomic E-state index is 3.54. The second-order valence-corrected chi connectivity index (χ2v) is 5.20. The zero-order valence-electron chi connectivity index (χ0n) is 10.8. The lowest BCUT2D eigenvalue weighted by Crippen LogP contribution is -2.28. The largest absolute Gasteiger partial charge is 0.314 e. The van der Waals surface area contributed by atoms with Crippen LogP contribution in [0, 0.1) is 5.92 Å². The first-order valence-corrected chi connectivity index (χ1v) is 6.64. The molecule has 0 aliphatic heterocycles. The van der Waals surface area contributed by atoms with Gasteiger partial charge in [-0.15, -0.1) is 0 Å². The van der Waals surface area contributed by atoms with Gasteiger partial charge in [-0.25, -0.2) is 0 Å². The van der Waals surface area contributed by atoms with E-state index in [4.69, 9.17) is 0 Å². The first-order valence-electron chi connectivity index (χ1n) is 6.64. The molecule has 1 rings (SSSR count). The fourth-order valence-electron chi connectivity index (χ4n) is 1.99. The van der Waals surface area contributed by atoms with Crippen LogP contribution in [-0.4, -0.2) is 37.6 Å². The molecule has 0 saturated heterocycles. The molecule has 0 amide bonds. The van der Waals surface area contributed by atoms with Crippen LogP contribution in [0.5, 0.6) is 0 Å². The highest BCUT2D eigenvalue weighted by Gasteiger charge is 2.22. The lowest BCUT2D eigenvalue weighted by molar-refractivity contribution is 0.306. The number of nitrogens with zero attached hydrogens (tertiary/aromatic N) is 1. The third kappa shape index (κ3) is 6.91. The Morgan fingerprint density at radius 1 is 1.40 bits per heavy atom. The Bertz CT molecular complexity index is 155. The lowest BCUT2D eigenvalue weighted by Gasteiger charge is -2.18. The topological polar surface area (TPSA) is 15.3 Å². The van der Waals surface area contributed by atoms with E-state index < -0.39 is 0 Å². The van der Waals surface area contributed by atoms with Gasteiger partial charge < -0.3 is 10.2 Å². The van der Waals surface area contributed by atoms with Gasteiger partial charge in [0, 0.05) is 12.6 Å². The summed E-state index contributed by atoms with van der Waals surface area (Å²) in [6, 6.07) is 0.694. The maximum Gasteiger partial charge on any atom is 0.00391 e. The summed E-state index contributed by atoms with van der Waals surface area (Å²) < 4.78 is 0. The molecule has 0 aromatic heterocycles. The molecule has 0 bridgehead atoms. The van der Waals surface area contributed by atoms with Crippen LogP contribution in [0.4, 0.5) is 0 Å². The molecule has 0 aromatic carbocycles. The van der Waals surface area contributed by atoms with Crippen molar-refractivity contribution in [3.63, 3.8) is 0 Å². The van der Waals surface area contributed by atoms with Crippen LogP contribution in [-0.2, 0) is 0 Å². The number of nitrogens with one attached hydrogen (secondary N) is 1. The molecular weight excluding hydrogens is 184 g/mol. The Labute approximate surface area is 95.4 Å². The molecule has 2 nitrogen and oxygen atoms in total. The van der Waals surface area contributed by atoms with Crippen LogP contribution in [0.2, 0.25) is 0 Å². The van der Waals surface area contributed by atoms with Gasteiger partial charge in [0.15, 0.2) is 0 Å². The average Bonchev–Trinajstić information content (AvgIpc) is 2.98. The van der Waals surface area contributed by atoms with Crippen LogP contribution in [0.3, 0.4) is 0 Å². The summed E-state index contributed by atoms with van der Waals surface area (Å²) in [4.78, 5) is 2.50. The van der Waals surface area contributed by atoms with E-state index in [2.05, 4.69) is 31.1 Å². The minimum Gasteiger partial charge on any atom is -0.314 e. The summed E-state index contributed by atoms with van der Waals surface area (Å²) in [5, 5.41) is 3.54. The number of rotatable bonds is 9. The molecule has 1 fully saturated rings. The molecule has 0 radical (unpaired) electrons. The monoisotopic (exact) mass is 212 g/mol. The normalized spacial score (nSPS) is 18.4. The summed E-state index contributed by atoms with van der Waals surface area (Å²) in [6.45, 7) is 8.30. The Hall–Kier alpha value is -0.0800. The standard InChI is InChI=1S/C13H28N2/c1-4-9-14-12(2)6-5-10-15(3)11-13-7-8-13/h12-14H,4-11H2,1-3H3. The van der Waals surface area contributed by atoms with Crippen molar-refractivity contribution in [2.24, 2.45) is 5.92 Å².